The van der Waals surface area contributed by atoms with Gasteiger partial charge in [0.1, 0.15) is 0 Å². The van der Waals surface area contributed by atoms with Crippen LogP contribution in [0.5, 0.6) is 0 Å². The Morgan fingerprint density at radius 2 is 1.87 bits per heavy atom. The molecule has 0 bridgehead atoms. The van der Waals surface area contributed by atoms with Gasteiger partial charge in [-0.25, -0.2) is 0 Å². The summed E-state index contributed by atoms with van der Waals surface area (Å²) in [6.07, 6.45) is -3.24. The van der Waals surface area contributed by atoms with Gasteiger partial charge in [-0.05, 0) is 37.0 Å². The van der Waals surface area contributed by atoms with Crippen LogP contribution in [-0.2, 0) is 11.8 Å². The summed E-state index contributed by atoms with van der Waals surface area (Å²) in [4.78, 5) is 0. The number of hydrogen-bond acceptors (Lipinski definition) is 1. The molecule has 2 rings (SSSR count). The Labute approximate surface area is 85.5 Å². The fourth-order valence-electron chi connectivity index (χ4n) is 1.62. The first-order valence-electron chi connectivity index (χ1n) is 4.74. The van der Waals surface area contributed by atoms with E-state index in [4.69, 9.17) is 0 Å². The first-order valence-corrected chi connectivity index (χ1v) is 4.74. The van der Waals surface area contributed by atoms with E-state index < -0.39 is 17.3 Å². The minimum atomic E-state index is -4.34. The lowest BCUT2D eigenvalue weighted by molar-refractivity contribution is -0.138. The highest BCUT2D eigenvalue weighted by Gasteiger charge is 2.43. The maximum absolute atomic E-state index is 12.6. The fraction of sp³-hybridized carbons (Fsp3) is 0.455. The van der Waals surface area contributed by atoms with Gasteiger partial charge in [0.25, 0.3) is 0 Å². The lowest BCUT2D eigenvalue weighted by atomic mass is 10.0. The molecular formula is C11H11F3O. The standard InChI is InChI=1S/C11H11F3O/c1-7-2-3-8(10(15)4-5-10)6-9(7)11(12,13)14/h2-3,6,15H,4-5H2,1H3. The molecule has 0 saturated heterocycles. The summed E-state index contributed by atoms with van der Waals surface area (Å²) >= 11 is 0. The molecule has 0 radical (unpaired) electrons. The predicted octanol–water partition coefficient (Wildman–Crippen LogP) is 3.00. The number of alkyl halides is 3. The van der Waals surface area contributed by atoms with Gasteiger partial charge in [-0.1, -0.05) is 12.1 Å². The first kappa shape index (κ1) is 10.5. The third-order valence-corrected chi connectivity index (χ3v) is 2.80. The lowest BCUT2D eigenvalue weighted by Gasteiger charge is -2.14. The molecular weight excluding hydrogens is 205 g/mol. The van der Waals surface area contributed by atoms with Crippen LogP contribution in [0.3, 0.4) is 0 Å². The summed E-state index contributed by atoms with van der Waals surface area (Å²) in [5.74, 6) is 0. The molecule has 1 aliphatic carbocycles. The van der Waals surface area contributed by atoms with Crippen molar-refractivity contribution in [1.29, 1.82) is 0 Å². The SMILES string of the molecule is Cc1ccc(C2(O)CC2)cc1C(F)(F)F. The van der Waals surface area contributed by atoms with Crippen LogP contribution in [0.15, 0.2) is 18.2 Å². The summed E-state index contributed by atoms with van der Waals surface area (Å²) < 4.78 is 37.7. The molecule has 1 aliphatic rings. The van der Waals surface area contributed by atoms with Crippen molar-refractivity contribution in [2.24, 2.45) is 0 Å². The van der Waals surface area contributed by atoms with Crippen LogP contribution in [0.4, 0.5) is 13.2 Å². The largest absolute Gasteiger partial charge is 0.416 e. The van der Waals surface area contributed by atoms with Crippen molar-refractivity contribution in [3.63, 3.8) is 0 Å². The second-order valence-electron chi connectivity index (χ2n) is 4.06. The van der Waals surface area contributed by atoms with Gasteiger partial charge in [-0.2, -0.15) is 13.2 Å². The molecule has 1 nitrogen and oxygen atoms in total. The number of halogens is 3. The summed E-state index contributed by atoms with van der Waals surface area (Å²) in [6.45, 7) is 1.42. The molecule has 1 saturated carbocycles. The third-order valence-electron chi connectivity index (χ3n) is 2.80. The molecule has 1 aromatic carbocycles. The van der Waals surface area contributed by atoms with E-state index in [1.54, 1.807) is 6.07 Å². The van der Waals surface area contributed by atoms with Gasteiger partial charge in [0.05, 0.1) is 11.2 Å². The number of aliphatic hydroxyl groups is 1. The van der Waals surface area contributed by atoms with Crippen LogP contribution >= 0.6 is 0 Å². The Kier molecular flexibility index (Phi) is 2.08. The van der Waals surface area contributed by atoms with E-state index in [-0.39, 0.29) is 5.56 Å². The summed E-state index contributed by atoms with van der Waals surface area (Å²) in [7, 11) is 0. The third kappa shape index (κ3) is 1.86. The van der Waals surface area contributed by atoms with Gasteiger partial charge in [0.15, 0.2) is 0 Å². The van der Waals surface area contributed by atoms with Crippen LogP contribution in [0.1, 0.15) is 29.5 Å². The molecule has 15 heavy (non-hydrogen) atoms. The molecule has 0 heterocycles. The monoisotopic (exact) mass is 216 g/mol. The van der Waals surface area contributed by atoms with Crippen LogP contribution in [0, 0.1) is 6.92 Å². The summed E-state index contributed by atoms with van der Waals surface area (Å²) in [5, 5.41) is 9.71. The second kappa shape index (κ2) is 2.98. The summed E-state index contributed by atoms with van der Waals surface area (Å²) in [5.41, 5.74) is -1.09. The average Bonchev–Trinajstić information content (AvgIpc) is 2.83. The van der Waals surface area contributed by atoms with Gasteiger partial charge < -0.3 is 5.11 Å². The quantitative estimate of drug-likeness (QED) is 0.765. The van der Waals surface area contributed by atoms with Crippen molar-refractivity contribution in [1.82, 2.24) is 0 Å². The molecule has 4 heteroatoms. The van der Waals surface area contributed by atoms with E-state index >= 15 is 0 Å². The topological polar surface area (TPSA) is 20.2 Å². The minimum absolute atomic E-state index is 0.190. The number of benzene rings is 1. The van der Waals surface area contributed by atoms with E-state index in [1.807, 2.05) is 0 Å². The van der Waals surface area contributed by atoms with E-state index in [0.29, 0.717) is 18.4 Å². The Bertz CT molecular complexity index is 391. The highest BCUT2D eigenvalue weighted by molar-refractivity contribution is 5.37. The van der Waals surface area contributed by atoms with Gasteiger partial charge in [0, 0.05) is 0 Å². The zero-order valence-corrected chi connectivity index (χ0v) is 8.23. The van der Waals surface area contributed by atoms with Crippen LogP contribution in [0.2, 0.25) is 0 Å². The highest BCUT2D eigenvalue weighted by atomic mass is 19.4. The van der Waals surface area contributed by atoms with Crippen molar-refractivity contribution in [3.05, 3.63) is 34.9 Å². The summed E-state index contributed by atoms with van der Waals surface area (Å²) in [6, 6.07) is 4.04. The number of hydrogen-bond donors (Lipinski definition) is 1. The van der Waals surface area contributed by atoms with Crippen molar-refractivity contribution >= 4 is 0 Å². The number of aryl methyl sites for hydroxylation is 1. The maximum atomic E-state index is 12.6. The molecule has 1 fully saturated rings. The van der Waals surface area contributed by atoms with E-state index in [9.17, 15) is 18.3 Å². The van der Waals surface area contributed by atoms with Crippen molar-refractivity contribution in [2.75, 3.05) is 0 Å². The first-order chi connectivity index (χ1) is 6.83. The Morgan fingerprint density at radius 3 is 2.33 bits per heavy atom. The fourth-order valence-corrected chi connectivity index (χ4v) is 1.62. The van der Waals surface area contributed by atoms with Crippen LogP contribution in [0.25, 0.3) is 0 Å². The molecule has 1 N–H and O–H groups in total. The van der Waals surface area contributed by atoms with E-state index in [2.05, 4.69) is 0 Å². The predicted molar refractivity (Wildman–Crippen MR) is 49.3 cm³/mol. The van der Waals surface area contributed by atoms with Gasteiger partial charge >= 0.3 is 6.18 Å². The molecule has 0 aromatic heterocycles. The Morgan fingerprint density at radius 1 is 1.27 bits per heavy atom. The molecule has 0 unspecified atom stereocenters. The normalized spacial score (nSPS) is 19.0. The van der Waals surface area contributed by atoms with Gasteiger partial charge in [-0.15, -0.1) is 0 Å². The average molecular weight is 216 g/mol. The maximum Gasteiger partial charge on any atom is 0.416 e. The van der Waals surface area contributed by atoms with E-state index in [0.717, 1.165) is 6.07 Å². The zero-order chi connectivity index (χ0) is 11.3. The highest BCUT2D eigenvalue weighted by Crippen LogP contribution is 2.46. The van der Waals surface area contributed by atoms with Crippen LogP contribution < -0.4 is 0 Å². The molecule has 0 atom stereocenters. The smallest absolute Gasteiger partial charge is 0.385 e. The Balaban J connectivity index is 2.46. The van der Waals surface area contributed by atoms with E-state index in [1.165, 1.54) is 13.0 Å². The Hall–Kier alpha value is -1.03. The molecule has 0 spiro atoms. The second-order valence-corrected chi connectivity index (χ2v) is 4.06. The molecule has 1 aromatic rings. The van der Waals surface area contributed by atoms with Gasteiger partial charge in [0.2, 0.25) is 0 Å². The number of rotatable bonds is 1. The lowest BCUT2D eigenvalue weighted by Crippen LogP contribution is -2.11. The van der Waals surface area contributed by atoms with Crippen LogP contribution in [-0.4, -0.2) is 5.11 Å². The zero-order valence-electron chi connectivity index (χ0n) is 8.23. The van der Waals surface area contributed by atoms with Crippen molar-refractivity contribution in [3.8, 4) is 0 Å². The van der Waals surface area contributed by atoms with Gasteiger partial charge in [-0.3, -0.25) is 0 Å². The molecule has 82 valence electrons. The van der Waals surface area contributed by atoms with Crippen molar-refractivity contribution in [2.45, 2.75) is 31.5 Å². The molecule has 0 amide bonds. The minimum Gasteiger partial charge on any atom is -0.385 e. The molecule has 0 aliphatic heterocycles. The van der Waals surface area contributed by atoms with Crippen molar-refractivity contribution < 1.29 is 18.3 Å².